The van der Waals surface area contributed by atoms with Gasteiger partial charge in [0.2, 0.25) is 0 Å². The number of H-pyrrole nitrogens is 1. The Labute approximate surface area is 162 Å². The van der Waals surface area contributed by atoms with E-state index in [2.05, 4.69) is 15.2 Å². The Hall–Kier alpha value is -3.14. The van der Waals surface area contributed by atoms with Crippen molar-refractivity contribution in [3.8, 4) is 17.1 Å². The lowest BCUT2D eigenvalue weighted by Gasteiger charge is -2.13. The number of phenolic OH excluding ortho intramolecular Hbond substituents is 1. The molecule has 0 amide bonds. The molecule has 0 radical (unpaired) electrons. The van der Waals surface area contributed by atoms with E-state index in [4.69, 9.17) is 0 Å². The Kier molecular flexibility index (Phi) is 4.99. The Bertz CT molecular complexity index is 1160. The molecule has 10 heteroatoms. The van der Waals surface area contributed by atoms with E-state index in [1.807, 2.05) is 13.8 Å². The first-order valence-electron chi connectivity index (χ1n) is 8.52. The number of hydrogen-bond acceptors (Lipinski definition) is 7. The normalized spacial score (nSPS) is 11.8. The van der Waals surface area contributed by atoms with Crippen molar-refractivity contribution in [2.45, 2.75) is 24.7 Å². The van der Waals surface area contributed by atoms with Crippen LogP contribution in [-0.4, -0.2) is 46.8 Å². The van der Waals surface area contributed by atoms with E-state index in [9.17, 15) is 18.3 Å². The van der Waals surface area contributed by atoms with Crippen LogP contribution in [-0.2, 0) is 10.0 Å². The number of phenols is 1. The molecule has 9 nitrogen and oxygen atoms in total. The second kappa shape index (κ2) is 7.12. The van der Waals surface area contributed by atoms with Crippen LogP contribution in [0, 0.1) is 0 Å². The van der Waals surface area contributed by atoms with Gasteiger partial charge in [-0.15, -0.1) is 0 Å². The van der Waals surface area contributed by atoms with Gasteiger partial charge in [0.05, 0.1) is 0 Å². The monoisotopic (exact) mass is 403 g/mol. The van der Waals surface area contributed by atoms with Crippen molar-refractivity contribution >= 4 is 15.8 Å². The van der Waals surface area contributed by atoms with Gasteiger partial charge in [-0.05, 0) is 41.8 Å². The molecule has 0 aliphatic carbocycles. The van der Waals surface area contributed by atoms with E-state index in [1.165, 1.54) is 24.4 Å². The summed E-state index contributed by atoms with van der Waals surface area (Å²) >= 11 is 0. The van der Waals surface area contributed by atoms with Crippen LogP contribution in [0.15, 0.2) is 46.2 Å². The number of nitrogens with one attached hydrogen (secondary N) is 1. The molecule has 1 aromatic carbocycles. The maximum absolute atomic E-state index is 13.1. The highest BCUT2D eigenvalue weighted by Gasteiger charge is 2.26. The standard InChI is InChI=1S/C18H21N5O4S/c1-11(2)14-9-12(5-7-15(14)24)17-20-21-18(25)23(17)28(26,27)13-6-8-16(19-10-13)22(3)4/h5-11,24H,1-4H3,(H,21,25). The van der Waals surface area contributed by atoms with Gasteiger partial charge in [0, 0.05) is 25.9 Å². The lowest BCUT2D eigenvalue weighted by atomic mass is 9.99. The molecule has 2 heterocycles. The minimum Gasteiger partial charge on any atom is -0.508 e. The van der Waals surface area contributed by atoms with Crippen LogP contribution >= 0.6 is 0 Å². The van der Waals surface area contributed by atoms with E-state index in [0.717, 1.165) is 0 Å². The summed E-state index contributed by atoms with van der Waals surface area (Å²) in [5.74, 6) is 0.607. The molecular formula is C18H21N5O4S. The zero-order valence-corrected chi connectivity index (χ0v) is 16.7. The third-order valence-corrected chi connectivity index (χ3v) is 5.92. The average molecular weight is 403 g/mol. The lowest BCUT2D eigenvalue weighted by molar-refractivity contribution is 0.465. The number of aromatic amines is 1. The molecule has 0 bridgehead atoms. The Balaban J connectivity index is 2.16. The molecule has 2 aromatic heterocycles. The number of aromatic hydroxyl groups is 1. The van der Waals surface area contributed by atoms with Crippen LogP contribution in [0.4, 0.5) is 5.82 Å². The summed E-state index contributed by atoms with van der Waals surface area (Å²) in [5, 5.41) is 16.1. The van der Waals surface area contributed by atoms with Gasteiger partial charge in [0.25, 0.3) is 10.0 Å². The Morgan fingerprint density at radius 2 is 1.89 bits per heavy atom. The predicted octanol–water partition coefficient (Wildman–Crippen LogP) is 1.77. The quantitative estimate of drug-likeness (QED) is 0.666. The van der Waals surface area contributed by atoms with Crippen molar-refractivity contribution in [3.63, 3.8) is 0 Å². The summed E-state index contributed by atoms with van der Waals surface area (Å²) in [6.45, 7) is 3.79. The topological polar surface area (TPSA) is 121 Å². The second-order valence-electron chi connectivity index (χ2n) is 6.80. The van der Waals surface area contributed by atoms with Crippen LogP contribution in [0.2, 0.25) is 0 Å². The smallest absolute Gasteiger partial charge is 0.357 e. The minimum atomic E-state index is -4.22. The van der Waals surface area contributed by atoms with Gasteiger partial charge in [0.15, 0.2) is 5.82 Å². The van der Waals surface area contributed by atoms with Gasteiger partial charge in [-0.25, -0.2) is 23.3 Å². The highest BCUT2D eigenvalue weighted by atomic mass is 32.2. The van der Waals surface area contributed by atoms with E-state index in [0.29, 0.717) is 20.9 Å². The molecule has 3 aromatic rings. The Morgan fingerprint density at radius 3 is 2.46 bits per heavy atom. The van der Waals surface area contributed by atoms with Crippen LogP contribution < -0.4 is 10.6 Å². The number of nitrogens with zero attached hydrogens (tertiary/aromatic N) is 4. The maximum atomic E-state index is 13.1. The first kappa shape index (κ1) is 19.6. The van der Waals surface area contributed by atoms with Gasteiger partial charge in [-0.1, -0.05) is 13.8 Å². The largest absolute Gasteiger partial charge is 0.508 e. The van der Waals surface area contributed by atoms with Crippen molar-refractivity contribution in [3.05, 3.63) is 52.6 Å². The molecule has 2 N–H and O–H groups in total. The number of anilines is 1. The van der Waals surface area contributed by atoms with Crippen LogP contribution in [0.1, 0.15) is 25.3 Å². The van der Waals surface area contributed by atoms with Crippen molar-refractivity contribution < 1.29 is 13.5 Å². The zero-order chi connectivity index (χ0) is 20.6. The van der Waals surface area contributed by atoms with E-state index in [1.54, 1.807) is 31.1 Å². The summed E-state index contributed by atoms with van der Waals surface area (Å²) in [4.78, 5) is 18.0. The molecule has 148 valence electrons. The summed E-state index contributed by atoms with van der Waals surface area (Å²) in [7, 11) is -0.656. The third-order valence-electron chi connectivity index (χ3n) is 4.26. The highest BCUT2D eigenvalue weighted by Crippen LogP contribution is 2.30. The van der Waals surface area contributed by atoms with Crippen molar-refractivity contribution in [2.24, 2.45) is 0 Å². The summed E-state index contributed by atoms with van der Waals surface area (Å²) < 4.78 is 26.8. The molecular weight excluding hydrogens is 382 g/mol. The molecule has 0 unspecified atom stereocenters. The average Bonchev–Trinajstić information content (AvgIpc) is 3.04. The second-order valence-corrected chi connectivity index (χ2v) is 8.58. The Morgan fingerprint density at radius 1 is 1.18 bits per heavy atom. The fraction of sp³-hybridized carbons (Fsp3) is 0.278. The van der Waals surface area contributed by atoms with Crippen LogP contribution in [0.3, 0.4) is 0 Å². The fourth-order valence-electron chi connectivity index (χ4n) is 2.74. The molecule has 0 aliphatic rings. The SMILES string of the molecule is CC(C)c1cc(-c2n[nH]c(=O)n2S(=O)(=O)c2ccc(N(C)C)nc2)ccc1O. The van der Waals surface area contributed by atoms with E-state index in [-0.39, 0.29) is 22.4 Å². The summed E-state index contributed by atoms with van der Waals surface area (Å²) in [6.07, 6.45) is 1.20. The molecule has 0 saturated heterocycles. The van der Waals surface area contributed by atoms with Gasteiger partial charge in [0.1, 0.15) is 16.5 Å². The van der Waals surface area contributed by atoms with Crippen molar-refractivity contribution in [1.82, 2.24) is 19.2 Å². The summed E-state index contributed by atoms with van der Waals surface area (Å²) in [6, 6.07) is 7.52. The number of aromatic nitrogens is 4. The number of hydrogen-bond donors (Lipinski definition) is 2. The van der Waals surface area contributed by atoms with Crippen molar-refractivity contribution in [1.29, 1.82) is 0 Å². The first-order valence-corrected chi connectivity index (χ1v) is 9.96. The fourth-order valence-corrected chi connectivity index (χ4v) is 4.01. The van der Waals surface area contributed by atoms with E-state index >= 15 is 0 Å². The van der Waals surface area contributed by atoms with E-state index < -0.39 is 15.7 Å². The van der Waals surface area contributed by atoms with Gasteiger partial charge in [-0.2, -0.15) is 9.07 Å². The molecule has 0 fully saturated rings. The lowest BCUT2D eigenvalue weighted by Crippen LogP contribution is -2.26. The van der Waals surface area contributed by atoms with Gasteiger partial charge in [-0.3, -0.25) is 0 Å². The van der Waals surface area contributed by atoms with Crippen LogP contribution in [0.25, 0.3) is 11.4 Å². The molecule has 0 aliphatic heterocycles. The number of rotatable bonds is 5. The third kappa shape index (κ3) is 3.38. The molecule has 0 saturated carbocycles. The molecule has 0 atom stereocenters. The van der Waals surface area contributed by atoms with Crippen LogP contribution in [0.5, 0.6) is 5.75 Å². The van der Waals surface area contributed by atoms with Gasteiger partial charge >= 0.3 is 5.69 Å². The minimum absolute atomic E-state index is 0.00144. The summed E-state index contributed by atoms with van der Waals surface area (Å²) in [5.41, 5.74) is 0.126. The number of benzene rings is 1. The molecule has 0 spiro atoms. The maximum Gasteiger partial charge on any atom is 0.357 e. The molecule has 28 heavy (non-hydrogen) atoms. The zero-order valence-electron chi connectivity index (χ0n) is 15.9. The predicted molar refractivity (Wildman–Crippen MR) is 105 cm³/mol. The molecule has 3 rings (SSSR count). The number of pyridine rings is 1. The highest BCUT2D eigenvalue weighted by molar-refractivity contribution is 7.90. The van der Waals surface area contributed by atoms with Gasteiger partial charge < -0.3 is 10.0 Å². The van der Waals surface area contributed by atoms with Crippen molar-refractivity contribution in [2.75, 3.05) is 19.0 Å². The first-order chi connectivity index (χ1) is 13.1.